The van der Waals surface area contributed by atoms with Crippen LogP contribution in [0, 0.1) is 0 Å². The van der Waals surface area contributed by atoms with Gasteiger partial charge in [-0.3, -0.25) is 4.79 Å². The van der Waals surface area contributed by atoms with Gasteiger partial charge in [-0.2, -0.15) is 0 Å². The molecular formula is C11H15ClN2O3S. The molecule has 0 aliphatic heterocycles. The second-order valence-corrected chi connectivity index (χ2v) is 6.40. The van der Waals surface area contributed by atoms with Crippen LogP contribution in [0.1, 0.15) is 10.4 Å². The Morgan fingerprint density at radius 2 is 1.67 bits per heavy atom. The largest absolute Gasteiger partial charge is 0.387 e. The van der Waals surface area contributed by atoms with Gasteiger partial charge in [0.2, 0.25) is 0 Å². The van der Waals surface area contributed by atoms with Gasteiger partial charge >= 0.3 is 0 Å². The van der Waals surface area contributed by atoms with Gasteiger partial charge in [0.15, 0.2) is 15.6 Å². The molecule has 5 nitrogen and oxygen atoms in total. The van der Waals surface area contributed by atoms with Crippen LogP contribution in [-0.4, -0.2) is 40.3 Å². The summed E-state index contributed by atoms with van der Waals surface area (Å²) in [5, 5.41) is 6.16. The van der Waals surface area contributed by atoms with Crippen LogP contribution in [0.2, 0.25) is 5.02 Å². The van der Waals surface area contributed by atoms with Crippen LogP contribution in [0.5, 0.6) is 0 Å². The maximum atomic E-state index is 11.8. The zero-order valence-corrected chi connectivity index (χ0v) is 11.9. The molecule has 0 atom stereocenters. The van der Waals surface area contributed by atoms with Gasteiger partial charge in [0, 0.05) is 25.9 Å². The number of carbonyl (C=O) groups is 1. The molecule has 0 spiro atoms. The lowest BCUT2D eigenvalue weighted by molar-refractivity contribution is 0.102. The number of hydrogen-bond acceptors (Lipinski definition) is 5. The molecule has 0 bridgehead atoms. The number of Topliss-reactive ketones (excluding diaryl/α,β-unsaturated/α-hetero) is 1. The summed E-state index contributed by atoms with van der Waals surface area (Å²) in [5.41, 5.74) is 1.44. The van der Waals surface area contributed by atoms with E-state index in [-0.39, 0.29) is 0 Å². The van der Waals surface area contributed by atoms with Gasteiger partial charge in [-0.05, 0) is 12.1 Å². The summed E-state index contributed by atoms with van der Waals surface area (Å²) in [6.07, 6.45) is 1.03. The zero-order chi connectivity index (χ0) is 13.9. The number of anilines is 2. The van der Waals surface area contributed by atoms with Crippen LogP contribution >= 0.6 is 11.6 Å². The highest BCUT2D eigenvalue weighted by Gasteiger charge is 2.16. The standard InChI is InChI=1S/C11H15ClN2O3S/c1-13-8-4-7(5-9(14-2)11(8)12)10(15)6-18(3,16)17/h4-5,13-14H,6H2,1-3H3. The number of ketones is 1. The average Bonchev–Trinajstić information content (AvgIpc) is 2.27. The molecular weight excluding hydrogens is 276 g/mol. The summed E-state index contributed by atoms with van der Waals surface area (Å²) >= 11 is 6.06. The van der Waals surface area contributed by atoms with Crippen molar-refractivity contribution in [3.05, 3.63) is 22.7 Å². The van der Waals surface area contributed by atoms with Crippen molar-refractivity contribution in [3.8, 4) is 0 Å². The molecule has 0 aliphatic rings. The predicted molar refractivity (Wildman–Crippen MR) is 74.6 cm³/mol. The van der Waals surface area contributed by atoms with E-state index in [1.807, 2.05) is 0 Å². The van der Waals surface area contributed by atoms with E-state index in [1.54, 1.807) is 14.1 Å². The van der Waals surface area contributed by atoms with Gasteiger partial charge in [-0.25, -0.2) is 8.42 Å². The van der Waals surface area contributed by atoms with Gasteiger partial charge in [0.05, 0.1) is 16.4 Å². The predicted octanol–water partition coefficient (Wildman–Crippen LogP) is 1.65. The molecule has 0 radical (unpaired) electrons. The van der Waals surface area contributed by atoms with Gasteiger partial charge in [0.1, 0.15) is 5.75 Å². The van der Waals surface area contributed by atoms with E-state index < -0.39 is 21.4 Å². The zero-order valence-electron chi connectivity index (χ0n) is 10.4. The second kappa shape index (κ2) is 5.58. The number of benzene rings is 1. The van der Waals surface area contributed by atoms with Crippen molar-refractivity contribution in [3.63, 3.8) is 0 Å². The van der Waals surface area contributed by atoms with Crippen LogP contribution in [0.3, 0.4) is 0 Å². The van der Waals surface area contributed by atoms with E-state index in [0.29, 0.717) is 22.0 Å². The number of rotatable bonds is 5. The minimum atomic E-state index is -3.34. The van der Waals surface area contributed by atoms with E-state index in [0.717, 1.165) is 6.26 Å². The van der Waals surface area contributed by atoms with Gasteiger partial charge < -0.3 is 10.6 Å². The second-order valence-electron chi connectivity index (χ2n) is 3.88. The molecule has 0 fully saturated rings. The molecule has 0 amide bonds. The van der Waals surface area contributed by atoms with Crippen LogP contribution in [0.15, 0.2) is 12.1 Å². The van der Waals surface area contributed by atoms with Gasteiger partial charge in [-0.1, -0.05) is 11.6 Å². The molecule has 0 saturated carbocycles. The lowest BCUT2D eigenvalue weighted by atomic mass is 10.1. The molecule has 0 unspecified atom stereocenters. The van der Waals surface area contributed by atoms with E-state index >= 15 is 0 Å². The van der Waals surface area contributed by atoms with Crippen LogP contribution in [0.4, 0.5) is 11.4 Å². The summed E-state index contributed by atoms with van der Waals surface area (Å²) in [7, 11) is 0.0000770. The van der Waals surface area contributed by atoms with Crippen molar-refractivity contribution in [2.75, 3.05) is 36.7 Å². The van der Waals surface area contributed by atoms with Crippen molar-refractivity contribution in [2.45, 2.75) is 0 Å². The first-order valence-corrected chi connectivity index (χ1v) is 7.62. The number of hydrogen-bond donors (Lipinski definition) is 2. The minimum Gasteiger partial charge on any atom is -0.387 e. The quantitative estimate of drug-likeness (QED) is 0.807. The molecule has 100 valence electrons. The molecule has 1 aromatic carbocycles. The van der Waals surface area contributed by atoms with Crippen molar-refractivity contribution in [1.29, 1.82) is 0 Å². The molecule has 0 heterocycles. The van der Waals surface area contributed by atoms with E-state index in [4.69, 9.17) is 11.6 Å². The van der Waals surface area contributed by atoms with E-state index in [1.165, 1.54) is 12.1 Å². The molecule has 18 heavy (non-hydrogen) atoms. The average molecular weight is 291 g/mol. The van der Waals surface area contributed by atoms with Crippen LogP contribution < -0.4 is 10.6 Å². The van der Waals surface area contributed by atoms with Gasteiger partial charge in [-0.15, -0.1) is 0 Å². The first-order chi connectivity index (χ1) is 8.28. The summed E-state index contributed by atoms with van der Waals surface area (Å²) in [4.78, 5) is 11.8. The maximum Gasteiger partial charge on any atom is 0.178 e. The Kier molecular flexibility index (Phi) is 4.59. The summed E-state index contributed by atoms with van der Waals surface area (Å²) in [5.74, 6) is -0.969. The third-order valence-electron chi connectivity index (χ3n) is 2.33. The Morgan fingerprint density at radius 3 is 2.00 bits per heavy atom. The maximum absolute atomic E-state index is 11.8. The van der Waals surface area contributed by atoms with E-state index in [2.05, 4.69) is 10.6 Å². The number of sulfone groups is 1. The van der Waals surface area contributed by atoms with E-state index in [9.17, 15) is 13.2 Å². The topological polar surface area (TPSA) is 75.3 Å². The van der Waals surface area contributed by atoms with Crippen LogP contribution in [-0.2, 0) is 9.84 Å². The Balaban J connectivity index is 3.21. The molecule has 1 rings (SSSR count). The number of carbonyl (C=O) groups excluding carboxylic acids is 1. The summed E-state index contributed by atoms with van der Waals surface area (Å²) in [6.45, 7) is 0. The Hall–Kier alpha value is -1.27. The monoisotopic (exact) mass is 290 g/mol. The van der Waals surface area contributed by atoms with Gasteiger partial charge in [0.25, 0.3) is 0 Å². The van der Waals surface area contributed by atoms with Crippen molar-refractivity contribution >= 4 is 38.6 Å². The first-order valence-electron chi connectivity index (χ1n) is 5.18. The molecule has 0 saturated heterocycles. The third-order valence-corrected chi connectivity index (χ3v) is 3.52. The minimum absolute atomic E-state index is 0.304. The Labute approximate surface area is 111 Å². The highest BCUT2D eigenvalue weighted by molar-refractivity contribution is 7.91. The van der Waals surface area contributed by atoms with Crippen molar-refractivity contribution in [1.82, 2.24) is 0 Å². The number of nitrogens with one attached hydrogen (secondary N) is 2. The normalized spacial score (nSPS) is 11.1. The third kappa shape index (κ3) is 3.61. The fourth-order valence-corrected chi connectivity index (χ4v) is 2.41. The number of halogens is 1. The molecule has 7 heteroatoms. The molecule has 1 aromatic rings. The lowest BCUT2D eigenvalue weighted by Crippen LogP contribution is -2.15. The first kappa shape index (κ1) is 14.8. The molecule has 0 aromatic heterocycles. The van der Waals surface area contributed by atoms with Crippen molar-refractivity contribution in [2.24, 2.45) is 0 Å². The lowest BCUT2D eigenvalue weighted by Gasteiger charge is -2.11. The fraction of sp³-hybridized carbons (Fsp3) is 0.364. The highest BCUT2D eigenvalue weighted by Crippen LogP contribution is 2.31. The summed E-state index contributed by atoms with van der Waals surface area (Å²) in [6, 6.07) is 3.08. The fourth-order valence-electron chi connectivity index (χ4n) is 1.47. The Morgan fingerprint density at radius 1 is 1.22 bits per heavy atom. The Bertz CT molecular complexity index is 545. The molecule has 2 N–H and O–H groups in total. The SMILES string of the molecule is CNc1cc(C(=O)CS(C)(=O)=O)cc(NC)c1Cl. The smallest absolute Gasteiger partial charge is 0.178 e. The summed E-state index contributed by atoms with van der Waals surface area (Å²) < 4.78 is 22.2. The highest BCUT2D eigenvalue weighted by atomic mass is 35.5. The molecule has 0 aliphatic carbocycles. The van der Waals surface area contributed by atoms with Crippen molar-refractivity contribution < 1.29 is 13.2 Å². The van der Waals surface area contributed by atoms with Crippen LogP contribution in [0.25, 0.3) is 0 Å².